The van der Waals surface area contributed by atoms with E-state index in [-0.39, 0.29) is 22.1 Å². The molecule has 8 nitrogen and oxygen atoms in total. The molecule has 2 aromatic carbocycles. The van der Waals surface area contributed by atoms with Gasteiger partial charge in [-0.3, -0.25) is 4.79 Å². The Balaban J connectivity index is 1.66. The summed E-state index contributed by atoms with van der Waals surface area (Å²) in [5, 5.41) is 7.83. The van der Waals surface area contributed by atoms with Gasteiger partial charge < -0.3 is 5.32 Å². The number of piperidine rings is 1. The number of aryl methyl sites for hydroxylation is 2. The number of nitrogens with zero attached hydrogens (tertiary/aromatic N) is 1. The van der Waals surface area contributed by atoms with E-state index in [1.807, 2.05) is 0 Å². The molecule has 0 saturated carbocycles. The zero-order chi connectivity index (χ0) is 22.6. The lowest BCUT2D eigenvalue weighted by atomic mass is 10.1. The van der Waals surface area contributed by atoms with Crippen LogP contribution in [0.15, 0.2) is 52.3 Å². The molecule has 1 amide bonds. The Kier molecular flexibility index (Phi) is 7.15. The van der Waals surface area contributed by atoms with Gasteiger partial charge in [-0.25, -0.2) is 22.0 Å². The van der Waals surface area contributed by atoms with Crippen LogP contribution in [0.25, 0.3) is 0 Å². The smallest absolute Gasteiger partial charge is 0.243 e. The molecule has 2 aromatic rings. The summed E-state index contributed by atoms with van der Waals surface area (Å²) in [6.45, 7) is 2.78. The lowest BCUT2D eigenvalue weighted by molar-refractivity contribution is -0.116. The predicted molar refractivity (Wildman–Crippen MR) is 119 cm³/mol. The van der Waals surface area contributed by atoms with Gasteiger partial charge in [0, 0.05) is 25.2 Å². The Morgan fingerprint density at radius 1 is 1.00 bits per heavy atom. The van der Waals surface area contributed by atoms with Crippen LogP contribution in [0.3, 0.4) is 0 Å². The fourth-order valence-corrected chi connectivity index (χ4v) is 5.81. The van der Waals surface area contributed by atoms with Crippen LogP contribution in [0.1, 0.15) is 36.8 Å². The summed E-state index contributed by atoms with van der Waals surface area (Å²) >= 11 is 0. The summed E-state index contributed by atoms with van der Waals surface area (Å²) in [4.78, 5) is 12.6. The molecule has 1 aliphatic rings. The van der Waals surface area contributed by atoms with E-state index in [9.17, 15) is 21.6 Å². The third-order valence-corrected chi connectivity index (χ3v) is 8.27. The van der Waals surface area contributed by atoms with Gasteiger partial charge in [-0.05, 0) is 61.6 Å². The first-order valence-electron chi connectivity index (χ1n) is 10.1. The Hall–Kier alpha value is -2.27. The minimum absolute atomic E-state index is 0.0165. The third kappa shape index (κ3) is 5.91. The molecule has 31 heavy (non-hydrogen) atoms. The van der Waals surface area contributed by atoms with E-state index in [1.165, 1.54) is 22.5 Å². The molecule has 0 atom stereocenters. The molecule has 3 N–H and O–H groups in total. The number of nitrogens with two attached hydrogens (primary N) is 1. The van der Waals surface area contributed by atoms with Crippen molar-refractivity contribution in [3.05, 3.63) is 53.6 Å². The largest absolute Gasteiger partial charge is 0.326 e. The van der Waals surface area contributed by atoms with Crippen LogP contribution in [-0.2, 0) is 31.3 Å². The Bertz CT molecular complexity index is 1150. The SMILES string of the molecule is Cc1ccc(NC(=O)CCc2ccc(S(N)(=O)=O)cc2)cc1S(=O)(=O)N1CCCCC1. The van der Waals surface area contributed by atoms with Gasteiger partial charge in [-0.2, -0.15) is 4.31 Å². The molecule has 0 radical (unpaired) electrons. The molecule has 0 aliphatic carbocycles. The second-order valence-electron chi connectivity index (χ2n) is 7.68. The van der Waals surface area contributed by atoms with Crippen molar-refractivity contribution >= 4 is 31.6 Å². The van der Waals surface area contributed by atoms with E-state index < -0.39 is 20.0 Å². The first-order chi connectivity index (χ1) is 14.6. The van der Waals surface area contributed by atoms with E-state index in [2.05, 4.69) is 5.32 Å². The van der Waals surface area contributed by atoms with Crippen LogP contribution < -0.4 is 10.5 Å². The number of anilines is 1. The van der Waals surface area contributed by atoms with Crippen LogP contribution in [0.4, 0.5) is 5.69 Å². The van der Waals surface area contributed by atoms with Gasteiger partial charge >= 0.3 is 0 Å². The standard InChI is InChI=1S/C21H27N3O5S2/c1-16-5-9-18(15-20(16)31(28,29)24-13-3-2-4-14-24)23-21(25)12-8-17-6-10-19(11-7-17)30(22,26)27/h5-7,9-11,15H,2-4,8,12-14H2,1H3,(H,23,25)(H2,22,26,27). The first-order valence-corrected chi connectivity index (χ1v) is 13.1. The van der Waals surface area contributed by atoms with E-state index in [1.54, 1.807) is 31.2 Å². The average Bonchev–Trinajstić information content (AvgIpc) is 2.74. The second kappa shape index (κ2) is 9.47. The molecule has 1 aliphatic heterocycles. The van der Waals surface area contributed by atoms with Crippen molar-refractivity contribution in [3.63, 3.8) is 0 Å². The molecule has 0 unspecified atom stereocenters. The highest BCUT2D eigenvalue weighted by molar-refractivity contribution is 7.89. The minimum Gasteiger partial charge on any atom is -0.326 e. The maximum absolute atomic E-state index is 13.0. The van der Waals surface area contributed by atoms with Gasteiger partial charge in [0.05, 0.1) is 9.79 Å². The number of primary sulfonamides is 1. The Morgan fingerprint density at radius 3 is 2.26 bits per heavy atom. The topological polar surface area (TPSA) is 127 Å². The number of carbonyl (C=O) groups excluding carboxylic acids is 1. The summed E-state index contributed by atoms with van der Waals surface area (Å²) in [5.41, 5.74) is 1.86. The number of amides is 1. The Labute approximate surface area is 183 Å². The third-order valence-electron chi connectivity index (χ3n) is 5.30. The zero-order valence-electron chi connectivity index (χ0n) is 17.4. The predicted octanol–water partition coefficient (Wildman–Crippen LogP) is 2.39. The summed E-state index contributed by atoms with van der Waals surface area (Å²) < 4.78 is 50.2. The molecule has 3 rings (SSSR count). The summed E-state index contributed by atoms with van der Waals surface area (Å²) in [6.07, 6.45) is 3.31. The van der Waals surface area contributed by atoms with Crippen molar-refractivity contribution in [2.24, 2.45) is 5.14 Å². The molecule has 0 spiro atoms. The number of rotatable bonds is 7. The fourth-order valence-electron chi connectivity index (χ4n) is 3.53. The normalized spacial score (nSPS) is 15.5. The van der Waals surface area contributed by atoms with E-state index >= 15 is 0 Å². The number of sulfonamides is 2. The monoisotopic (exact) mass is 465 g/mol. The average molecular weight is 466 g/mol. The first kappa shape index (κ1) is 23.4. The molecule has 1 heterocycles. The number of nitrogens with one attached hydrogen (secondary N) is 1. The van der Waals surface area contributed by atoms with Crippen molar-refractivity contribution in [1.29, 1.82) is 0 Å². The van der Waals surface area contributed by atoms with E-state index in [0.29, 0.717) is 30.8 Å². The van der Waals surface area contributed by atoms with Gasteiger partial charge in [-0.15, -0.1) is 0 Å². The van der Waals surface area contributed by atoms with Gasteiger partial charge in [0.2, 0.25) is 26.0 Å². The van der Waals surface area contributed by atoms with Gasteiger partial charge in [0.25, 0.3) is 0 Å². The van der Waals surface area contributed by atoms with Crippen LogP contribution in [-0.4, -0.2) is 40.1 Å². The molecule has 10 heteroatoms. The van der Waals surface area contributed by atoms with Crippen LogP contribution >= 0.6 is 0 Å². The Morgan fingerprint density at radius 2 is 1.65 bits per heavy atom. The highest BCUT2D eigenvalue weighted by atomic mass is 32.2. The van der Waals surface area contributed by atoms with Gasteiger partial charge in [0.15, 0.2) is 0 Å². The minimum atomic E-state index is -3.75. The lowest BCUT2D eigenvalue weighted by Crippen LogP contribution is -2.36. The molecule has 0 bridgehead atoms. The molecule has 1 saturated heterocycles. The maximum Gasteiger partial charge on any atom is 0.243 e. The summed E-state index contributed by atoms with van der Waals surface area (Å²) in [7, 11) is -7.35. The van der Waals surface area contributed by atoms with Crippen LogP contribution in [0, 0.1) is 6.92 Å². The summed E-state index contributed by atoms with van der Waals surface area (Å²) in [5.74, 6) is -0.263. The number of hydrogen-bond donors (Lipinski definition) is 2. The molecular formula is C21H27N3O5S2. The summed E-state index contributed by atoms with van der Waals surface area (Å²) in [6, 6.07) is 10.9. The van der Waals surface area contributed by atoms with E-state index in [0.717, 1.165) is 24.8 Å². The number of hydrogen-bond acceptors (Lipinski definition) is 5. The van der Waals surface area contributed by atoms with Crippen molar-refractivity contribution < 1.29 is 21.6 Å². The highest BCUT2D eigenvalue weighted by Crippen LogP contribution is 2.26. The van der Waals surface area contributed by atoms with Crippen molar-refractivity contribution in [2.75, 3.05) is 18.4 Å². The fraction of sp³-hybridized carbons (Fsp3) is 0.381. The lowest BCUT2D eigenvalue weighted by Gasteiger charge is -2.26. The highest BCUT2D eigenvalue weighted by Gasteiger charge is 2.27. The van der Waals surface area contributed by atoms with Gasteiger partial charge in [0.1, 0.15) is 0 Å². The molecule has 168 valence electrons. The number of benzene rings is 2. The zero-order valence-corrected chi connectivity index (χ0v) is 19.0. The second-order valence-corrected chi connectivity index (χ2v) is 11.1. The van der Waals surface area contributed by atoms with Crippen molar-refractivity contribution in [3.8, 4) is 0 Å². The van der Waals surface area contributed by atoms with E-state index in [4.69, 9.17) is 5.14 Å². The maximum atomic E-state index is 13.0. The van der Waals surface area contributed by atoms with Gasteiger partial charge in [-0.1, -0.05) is 24.6 Å². The quantitative estimate of drug-likeness (QED) is 0.649. The number of carbonyl (C=O) groups is 1. The molecule has 0 aromatic heterocycles. The van der Waals surface area contributed by atoms with Crippen molar-refractivity contribution in [2.45, 2.75) is 48.8 Å². The van der Waals surface area contributed by atoms with Crippen LogP contribution in [0.2, 0.25) is 0 Å². The molecule has 1 fully saturated rings. The van der Waals surface area contributed by atoms with Crippen molar-refractivity contribution in [1.82, 2.24) is 4.31 Å². The van der Waals surface area contributed by atoms with Crippen LogP contribution in [0.5, 0.6) is 0 Å². The molecular weight excluding hydrogens is 438 g/mol.